The van der Waals surface area contributed by atoms with Gasteiger partial charge in [0.1, 0.15) is 16.2 Å². The largest absolute Gasteiger partial charge is 0.573 e. The van der Waals surface area contributed by atoms with Crippen molar-refractivity contribution in [3.8, 4) is 11.5 Å². The topological polar surface area (TPSA) is 78.5 Å². The molecule has 0 unspecified atom stereocenters. The van der Waals surface area contributed by atoms with Crippen LogP contribution in [-0.4, -0.2) is 111 Å². The molecule has 0 aliphatic carbocycles. The van der Waals surface area contributed by atoms with Gasteiger partial charge in [-0.15, -0.1) is 13.2 Å². The molecule has 0 atom stereocenters. The minimum atomic E-state index is -4.98. The Morgan fingerprint density at radius 1 is 0.804 bits per heavy atom. The van der Waals surface area contributed by atoms with Crippen LogP contribution in [0.25, 0.3) is 10.9 Å². The molecule has 9 nitrogen and oxygen atoms in total. The normalized spacial score (nSPS) is 19.9. The van der Waals surface area contributed by atoms with Crippen molar-refractivity contribution < 1.29 is 39.8 Å². The van der Waals surface area contributed by atoms with E-state index in [1.54, 1.807) is 20.8 Å². The Morgan fingerprint density at radius 3 is 1.86 bits per heavy atom. The van der Waals surface area contributed by atoms with Crippen LogP contribution in [0.4, 0.5) is 27.6 Å². The number of aromatic nitrogens is 1. The first-order valence-electron chi connectivity index (χ1n) is 17.6. The third-order valence-corrected chi connectivity index (χ3v) is 11.9. The molecule has 6 rings (SSSR count). The Balaban J connectivity index is 1.27. The number of pyridine rings is 1. The summed E-state index contributed by atoms with van der Waals surface area (Å²) in [4.78, 5) is 12.6. The van der Waals surface area contributed by atoms with Crippen molar-refractivity contribution in [1.29, 1.82) is 0 Å². The molecule has 3 aliphatic heterocycles. The van der Waals surface area contributed by atoms with Gasteiger partial charge >= 0.3 is 6.36 Å². The molecular weight excluding hydrogens is 693 g/mol. The van der Waals surface area contributed by atoms with E-state index >= 15 is 8.78 Å². The average molecular weight is 740 g/mol. The lowest BCUT2D eigenvalue weighted by atomic mass is 9.99. The predicted molar refractivity (Wildman–Crippen MR) is 184 cm³/mol. The second-order valence-electron chi connectivity index (χ2n) is 14.6. The number of nitrogens with zero attached hydrogens (tertiary/aromatic N) is 5. The summed E-state index contributed by atoms with van der Waals surface area (Å²) in [7, 11) is -4.64. The number of anilines is 1. The van der Waals surface area contributed by atoms with Gasteiger partial charge in [-0.25, -0.2) is 17.2 Å². The van der Waals surface area contributed by atoms with E-state index in [2.05, 4.69) is 31.3 Å². The summed E-state index contributed by atoms with van der Waals surface area (Å²) in [5, 5.41) is 0.118. The monoisotopic (exact) mass is 739 g/mol. The minimum Gasteiger partial charge on any atom is -0.482 e. The maximum absolute atomic E-state index is 15.2. The fourth-order valence-corrected chi connectivity index (χ4v) is 9.06. The standard InChI is InChI=1S/C36H46F5N5O4S/c1-5-43-12-8-24(9-13-43)44-16-18-45(19-17-44)25-10-14-46(15-11-25)33-28-20-26(49-36(39,40)41)6-7-31(28)42-23-32(33)51(47,48)27-21-29(37)34(30(38)22-27)50-35(2,3)4/h6-7,20-25H,5,8-19H2,1-4H3. The second kappa shape index (κ2) is 14.6. The number of rotatable bonds is 8. The highest BCUT2D eigenvalue weighted by atomic mass is 32.2. The molecule has 15 heteroatoms. The summed E-state index contributed by atoms with van der Waals surface area (Å²) in [6.45, 7) is 15.0. The van der Waals surface area contributed by atoms with Crippen LogP contribution in [0.15, 0.2) is 46.3 Å². The highest BCUT2D eigenvalue weighted by Crippen LogP contribution is 2.41. The average Bonchev–Trinajstić information content (AvgIpc) is 3.08. The highest BCUT2D eigenvalue weighted by molar-refractivity contribution is 7.91. The van der Waals surface area contributed by atoms with Crippen molar-refractivity contribution in [2.75, 3.05) is 63.8 Å². The molecule has 0 spiro atoms. The number of halogens is 5. The quantitative estimate of drug-likeness (QED) is 0.241. The smallest absolute Gasteiger partial charge is 0.482 e. The number of likely N-dealkylation sites (tertiary alicyclic amines) is 1. The summed E-state index contributed by atoms with van der Waals surface area (Å²) in [6.07, 6.45) is -0.129. The Morgan fingerprint density at radius 2 is 1.35 bits per heavy atom. The molecule has 51 heavy (non-hydrogen) atoms. The summed E-state index contributed by atoms with van der Waals surface area (Å²) >= 11 is 0. The SMILES string of the molecule is CCN1CCC(N2CCN(C3CCN(c4c(S(=O)(=O)c5cc(F)c(OC(C)(C)C)c(F)c5)cnc5ccc(OC(F)(F)F)cc45)CC3)CC2)CC1. The van der Waals surface area contributed by atoms with Gasteiger partial charge in [-0.1, -0.05) is 6.92 Å². The van der Waals surface area contributed by atoms with Crippen molar-refractivity contribution >= 4 is 26.4 Å². The van der Waals surface area contributed by atoms with Crippen LogP contribution in [0.5, 0.6) is 11.5 Å². The van der Waals surface area contributed by atoms with Gasteiger partial charge in [-0.3, -0.25) is 14.8 Å². The number of fused-ring (bicyclic) bond motifs is 1. The lowest BCUT2D eigenvalue weighted by molar-refractivity contribution is -0.274. The third-order valence-electron chi connectivity index (χ3n) is 10.2. The fraction of sp³-hybridized carbons (Fsp3) is 0.583. The number of piperazine rings is 1. The molecule has 280 valence electrons. The van der Waals surface area contributed by atoms with E-state index in [4.69, 9.17) is 4.74 Å². The van der Waals surface area contributed by atoms with Gasteiger partial charge in [-0.05, 0) is 96.4 Å². The summed E-state index contributed by atoms with van der Waals surface area (Å²) in [6, 6.07) is 5.78. The van der Waals surface area contributed by atoms with Gasteiger partial charge in [0.2, 0.25) is 9.84 Å². The van der Waals surface area contributed by atoms with Crippen LogP contribution >= 0.6 is 0 Å². The van der Waals surface area contributed by atoms with Crippen LogP contribution in [-0.2, 0) is 9.84 Å². The van der Waals surface area contributed by atoms with Gasteiger partial charge in [0.05, 0.1) is 16.1 Å². The number of alkyl halides is 3. The summed E-state index contributed by atoms with van der Waals surface area (Å²) in [5.41, 5.74) is -0.599. The van der Waals surface area contributed by atoms with Gasteiger partial charge in [0.25, 0.3) is 0 Å². The molecular formula is C36H46F5N5O4S. The third kappa shape index (κ3) is 8.52. The van der Waals surface area contributed by atoms with Crippen LogP contribution < -0.4 is 14.4 Å². The first-order chi connectivity index (χ1) is 24.0. The molecule has 4 heterocycles. The van der Waals surface area contributed by atoms with Crippen molar-refractivity contribution in [2.24, 2.45) is 0 Å². The molecule has 0 saturated carbocycles. The second-order valence-corrected chi connectivity index (χ2v) is 16.5. The predicted octanol–water partition coefficient (Wildman–Crippen LogP) is 6.49. The molecule has 0 amide bonds. The van der Waals surface area contributed by atoms with E-state index in [0.717, 1.165) is 64.1 Å². The molecule has 3 aromatic rings. The van der Waals surface area contributed by atoms with Crippen molar-refractivity contribution in [3.05, 3.63) is 48.2 Å². The zero-order valence-electron chi connectivity index (χ0n) is 29.5. The maximum atomic E-state index is 15.2. The minimum absolute atomic E-state index is 0.116. The Bertz CT molecular complexity index is 1790. The number of hydrogen-bond acceptors (Lipinski definition) is 9. The Labute approximate surface area is 296 Å². The van der Waals surface area contributed by atoms with Crippen LogP contribution in [0.1, 0.15) is 53.4 Å². The molecule has 2 aromatic carbocycles. The van der Waals surface area contributed by atoms with E-state index in [1.165, 1.54) is 18.9 Å². The van der Waals surface area contributed by atoms with Crippen LogP contribution in [0.3, 0.4) is 0 Å². The molecule has 3 aliphatic rings. The molecule has 1 aromatic heterocycles. The summed E-state index contributed by atoms with van der Waals surface area (Å²) in [5.74, 6) is -3.66. The van der Waals surface area contributed by atoms with Gasteiger partial charge < -0.3 is 19.3 Å². The van der Waals surface area contributed by atoms with Crippen LogP contribution in [0.2, 0.25) is 0 Å². The number of ether oxygens (including phenoxy) is 2. The lowest BCUT2D eigenvalue weighted by Crippen LogP contribution is -2.56. The van der Waals surface area contributed by atoms with Crippen molar-refractivity contribution in [1.82, 2.24) is 19.7 Å². The highest BCUT2D eigenvalue weighted by Gasteiger charge is 2.36. The number of piperidine rings is 2. The molecule has 3 saturated heterocycles. The molecule has 0 radical (unpaired) electrons. The Kier molecular flexibility index (Phi) is 10.8. The van der Waals surface area contributed by atoms with E-state index in [-0.39, 0.29) is 27.5 Å². The van der Waals surface area contributed by atoms with Gasteiger partial charge in [0.15, 0.2) is 17.4 Å². The maximum Gasteiger partial charge on any atom is 0.573 e. The zero-order chi connectivity index (χ0) is 36.7. The van der Waals surface area contributed by atoms with Gasteiger partial charge in [-0.2, -0.15) is 0 Å². The van der Waals surface area contributed by atoms with Crippen molar-refractivity contribution in [2.45, 2.75) is 87.2 Å². The van der Waals surface area contributed by atoms with E-state index in [1.807, 2.05) is 4.90 Å². The Hall–Kier alpha value is -3.27. The van der Waals surface area contributed by atoms with E-state index in [9.17, 15) is 21.6 Å². The fourth-order valence-electron chi connectivity index (χ4n) is 7.60. The first-order valence-corrected chi connectivity index (χ1v) is 19.1. The van der Waals surface area contributed by atoms with E-state index in [0.29, 0.717) is 44.1 Å². The van der Waals surface area contributed by atoms with Crippen molar-refractivity contribution in [3.63, 3.8) is 0 Å². The summed E-state index contributed by atoms with van der Waals surface area (Å²) < 4.78 is 108. The first kappa shape index (κ1) is 37.5. The van der Waals surface area contributed by atoms with Crippen LogP contribution in [0, 0.1) is 11.6 Å². The zero-order valence-corrected chi connectivity index (χ0v) is 30.3. The number of benzene rings is 2. The van der Waals surface area contributed by atoms with E-state index < -0.39 is 49.8 Å². The number of sulfone groups is 1. The molecule has 0 N–H and O–H groups in total. The van der Waals surface area contributed by atoms with Gasteiger partial charge in [0, 0.05) is 62.9 Å². The lowest BCUT2D eigenvalue weighted by Gasteiger charge is -2.46. The number of hydrogen-bond donors (Lipinski definition) is 0. The molecule has 0 bridgehead atoms. The molecule has 3 fully saturated rings.